The van der Waals surface area contributed by atoms with Gasteiger partial charge in [-0.2, -0.15) is 0 Å². The summed E-state index contributed by atoms with van der Waals surface area (Å²) < 4.78 is 5.25. The Kier molecular flexibility index (Phi) is 4.82. The SMILES string of the molecule is COc1ccc2cc(CNC(=O)[C@H]3CCN[C@@H](C)C3)ccc2c1. The summed E-state index contributed by atoms with van der Waals surface area (Å²) in [7, 11) is 1.67. The fourth-order valence-electron chi connectivity index (χ4n) is 3.21. The Morgan fingerprint density at radius 3 is 2.83 bits per heavy atom. The number of nitrogens with one attached hydrogen (secondary N) is 2. The number of piperidine rings is 1. The summed E-state index contributed by atoms with van der Waals surface area (Å²) in [6.07, 6.45) is 1.84. The molecule has 2 N–H and O–H groups in total. The summed E-state index contributed by atoms with van der Waals surface area (Å²) in [4.78, 5) is 12.3. The molecule has 0 radical (unpaired) electrons. The molecule has 1 aliphatic heterocycles. The Bertz CT molecular complexity index is 699. The molecule has 4 heteroatoms. The van der Waals surface area contributed by atoms with Gasteiger partial charge in [-0.1, -0.05) is 18.2 Å². The van der Waals surface area contributed by atoms with E-state index in [-0.39, 0.29) is 11.8 Å². The van der Waals surface area contributed by atoms with Crippen molar-refractivity contribution in [2.45, 2.75) is 32.4 Å². The fourth-order valence-corrected chi connectivity index (χ4v) is 3.21. The van der Waals surface area contributed by atoms with Crippen molar-refractivity contribution in [1.82, 2.24) is 10.6 Å². The van der Waals surface area contributed by atoms with Gasteiger partial charge < -0.3 is 15.4 Å². The Hall–Kier alpha value is -2.07. The van der Waals surface area contributed by atoms with Crippen molar-refractivity contribution in [2.75, 3.05) is 13.7 Å². The van der Waals surface area contributed by atoms with Crippen LogP contribution in [0.15, 0.2) is 36.4 Å². The number of benzene rings is 2. The maximum atomic E-state index is 12.3. The average Bonchev–Trinajstić information content (AvgIpc) is 2.59. The third-order valence-electron chi connectivity index (χ3n) is 4.57. The Morgan fingerprint density at radius 1 is 1.26 bits per heavy atom. The first kappa shape index (κ1) is 15.8. The molecule has 0 aromatic heterocycles. The van der Waals surface area contributed by atoms with Crippen LogP contribution in [-0.4, -0.2) is 25.6 Å². The molecule has 2 atom stereocenters. The molecular weight excluding hydrogens is 288 g/mol. The monoisotopic (exact) mass is 312 g/mol. The van der Waals surface area contributed by atoms with Crippen molar-refractivity contribution in [1.29, 1.82) is 0 Å². The summed E-state index contributed by atoms with van der Waals surface area (Å²) in [6.45, 7) is 3.65. The maximum absolute atomic E-state index is 12.3. The molecule has 1 aliphatic rings. The van der Waals surface area contributed by atoms with Gasteiger partial charge in [0.25, 0.3) is 0 Å². The van der Waals surface area contributed by atoms with E-state index in [0.717, 1.165) is 41.5 Å². The zero-order valence-electron chi connectivity index (χ0n) is 13.8. The first-order valence-electron chi connectivity index (χ1n) is 8.23. The number of fused-ring (bicyclic) bond motifs is 1. The van der Waals surface area contributed by atoms with Gasteiger partial charge >= 0.3 is 0 Å². The van der Waals surface area contributed by atoms with E-state index in [0.29, 0.717) is 12.6 Å². The Morgan fingerprint density at radius 2 is 2.04 bits per heavy atom. The third kappa shape index (κ3) is 3.82. The summed E-state index contributed by atoms with van der Waals surface area (Å²) in [6, 6.07) is 12.7. The first-order chi connectivity index (χ1) is 11.2. The van der Waals surface area contributed by atoms with Crippen molar-refractivity contribution >= 4 is 16.7 Å². The van der Waals surface area contributed by atoms with Gasteiger partial charge in [0.2, 0.25) is 5.91 Å². The average molecular weight is 312 g/mol. The quantitative estimate of drug-likeness (QED) is 0.913. The predicted octanol–water partition coefficient (Wildman–Crippen LogP) is 2.85. The van der Waals surface area contributed by atoms with Crippen molar-refractivity contribution in [3.8, 4) is 5.75 Å². The molecule has 0 spiro atoms. The first-order valence-corrected chi connectivity index (χ1v) is 8.23. The minimum Gasteiger partial charge on any atom is -0.497 e. The number of ether oxygens (including phenoxy) is 1. The second-order valence-corrected chi connectivity index (χ2v) is 6.34. The van der Waals surface area contributed by atoms with Gasteiger partial charge in [0.15, 0.2) is 0 Å². The van der Waals surface area contributed by atoms with E-state index in [1.807, 2.05) is 18.2 Å². The highest BCUT2D eigenvalue weighted by Crippen LogP contribution is 2.22. The van der Waals surface area contributed by atoms with Crippen LogP contribution in [0.3, 0.4) is 0 Å². The second-order valence-electron chi connectivity index (χ2n) is 6.34. The molecular formula is C19H24N2O2. The number of hydrogen-bond acceptors (Lipinski definition) is 3. The molecule has 0 saturated carbocycles. The van der Waals surface area contributed by atoms with Crippen LogP contribution in [0.25, 0.3) is 10.8 Å². The molecule has 1 fully saturated rings. The lowest BCUT2D eigenvalue weighted by atomic mass is 9.92. The van der Waals surface area contributed by atoms with Gasteiger partial charge in [0.05, 0.1) is 7.11 Å². The molecule has 3 rings (SSSR count). The van der Waals surface area contributed by atoms with E-state index >= 15 is 0 Å². The number of amides is 1. The largest absolute Gasteiger partial charge is 0.497 e. The minimum absolute atomic E-state index is 0.135. The lowest BCUT2D eigenvalue weighted by Crippen LogP contribution is -2.42. The van der Waals surface area contributed by atoms with E-state index in [2.05, 4.69) is 35.8 Å². The van der Waals surface area contributed by atoms with E-state index in [1.165, 1.54) is 0 Å². The van der Waals surface area contributed by atoms with Gasteiger partial charge in [0.1, 0.15) is 5.75 Å². The van der Waals surface area contributed by atoms with Crippen LogP contribution in [0, 0.1) is 5.92 Å². The van der Waals surface area contributed by atoms with Crippen LogP contribution in [0.1, 0.15) is 25.3 Å². The summed E-state index contributed by atoms with van der Waals surface area (Å²) in [5.74, 6) is 1.17. The standard InChI is InChI=1S/C19H24N2O2/c1-13-9-17(7-8-20-13)19(22)21-12-14-3-4-16-11-18(23-2)6-5-15(16)10-14/h3-6,10-11,13,17,20H,7-9,12H2,1-2H3,(H,21,22)/t13-,17-/m0/s1. The van der Waals surface area contributed by atoms with Crippen LogP contribution in [0.5, 0.6) is 5.75 Å². The molecule has 1 saturated heterocycles. The van der Waals surface area contributed by atoms with Gasteiger partial charge in [-0.15, -0.1) is 0 Å². The third-order valence-corrected chi connectivity index (χ3v) is 4.57. The Balaban J connectivity index is 1.63. The summed E-state index contributed by atoms with van der Waals surface area (Å²) in [5, 5.41) is 8.77. The normalized spacial score (nSPS) is 21.1. The lowest BCUT2D eigenvalue weighted by Gasteiger charge is -2.27. The van der Waals surface area contributed by atoms with E-state index in [1.54, 1.807) is 7.11 Å². The van der Waals surface area contributed by atoms with Crippen molar-refractivity contribution in [3.63, 3.8) is 0 Å². The fraction of sp³-hybridized carbons (Fsp3) is 0.421. The summed E-state index contributed by atoms with van der Waals surface area (Å²) in [5.41, 5.74) is 1.12. The number of carbonyl (C=O) groups excluding carboxylic acids is 1. The van der Waals surface area contributed by atoms with Crippen LogP contribution in [-0.2, 0) is 11.3 Å². The van der Waals surface area contributed by atoms with Crippen molar-refractivity contribution in [3.05, 3.63) is 42.0 Å². The second kappa shape index (κ2) is 7.01. The van der Waals surface area contributed by atoms with E-state index in [4.69, 9.17) is 4.74 Å². The van der Waals surface area contributed by atoms with Gasteiger partial charge in [-0.3, -0.25) is 4.79 Å². The molecule has 0 aliphatic carbocycles. The van der Waals surface area contributed by atoms with Crippen LogP contribution >= 0.6 is 0 Å². The molecule has 1 heterocycles. The van der Waals surface area contributed by atoms with Gasteiger partial charge in [-0.25, -0.2) is 0 Å². The predicted molar refractivity (Wildman–Crippen MR) is 92.5 cm³/mol. The Labute approximate surface area is 137 Å². The molecule has 2 aromatic rings. The van der Waals surface area contributed by atoms with Gasteiger partial charge in [-0.05, 0) is 60.8 Å². The molecule has 23 heavy (non-hydrogen) atoms. The van der Waals surface area contributed by atoms with Crippen LogP contribution in [0.4, 0.5) is 0 Å². The van der Waals surface area contributed by atoms with E-state index < -0.39 is 0 Å². The minimum atomic E-state index is 0.135. The van der Waals surface area contributed by atoms with Gasteiger partial charge in [0, 0.05) is 18.5 Å². The summed E-state index contributed by atoms with van der Waals surface area (Å²) >= 11 is 0. The zero-order valence-corrected chi connectivity index (χ0v) is 13.8. The molecule has 1 amide bonds. The molecule has 4 nitrogen and oxygen atoms in total. The smallest absolute Gasteiger partial charge is 0.223 e. The highest BCUT2D eigenvalue weighted by Gasteiger charge is 2.24. The number of carbonyl (C=O) groups is 1. The molecule has 0 unspecified atom stereocenters. The maximum Gasteiger partial charge on any atom is 0.223 e. The number of methoxy groups -OCH3 is 1. The van der Waals surface area contributed by atoms with Crippen LogP contribution in [0.2, 0.25) is 0 Å². The number of hydrogen-bond donors (Lipinski definition) is 2. The van der Waals surface area contributed by atoms with E-state index in [9.17, 15) is 4.79 Å². The topological polar surface area (TPSA) is 50.4 Å². The van der Waals surface area contributed by atoms with Crippen molar-refractivity contribution < 1.29 is 9.53 Å². The van der Waals surface area contributed by atoms with Crippen molar-refractivity contribution in [2.24, 2.45) is 5.92 Å². The molecule has 122 valence electrons. The number of rotatable bonds is 4. The lowest BCUT2D eigenvalue weighted by molar-refractivity contribution is -0.126. The molecule has 2 aromatic carbocycles. The zero-order chi connectivity index (χ0) is 16.2. The van der Waals surface area contributed by atoms with Crippen LogP contribution < -0.4 is 15.4 Å². The highest BCUT2D eigenvalue weighted by atomic mass is 16.5. The molecule has 0 bridgehead atoms. The highest BCUT2D eigenvalue weighted by molar-refractivity contribution is 5.85.